The van der Waals surface area contributed by atoms with E-state index in [9.17, 15) is 19.5 Å². The predicted molar refractivity (Wildman–Crippen MR) is 131 cm³/mol. The lowest BCUT2D eigenvalue weighted by Gasteiger charge is -2.33. The van der Waals surface area contributed by atoms with E-state index in [1.165, 1.54) is 27.8 Å². The first kappa shape index (κ1) is 23.7. The number of alkyl carbamates (subject to hydrolysis) is 1. The lowest BCUT2D eigenvalue weighted by molar-refractivity contribution is -0.148. The second-order valence-electron chi connectivity index (χ2n) is 9.12. The van der Waals surface area contributed by atoms with Crippen molar-refractivity contribution in [2.24, 2.45) is 5.92 Å². The van der Waals surface area contributed by atoms with E-state index in [4.69, 9.17) is 9.47 Å². The summed E-state index contributed by atoms with van der Waals surface area (Å²) in [7, 11) is 0. The van der Waals surface area contributed by atoms with Crippen LogP contribution in [0.2, 0.25) is 0 Å². The molecule has 5 rings (SSSR count). The second-order valence-corrected chi connectivity index (χ2v) is 10.1. The smallest absolute Gasteiger partial charge is 0.407 e. The van der Waals surface area contributed by atoms with Crippen molar-refractivity contribution in [3.05, 3.63) is 59.7 Å². The number of carboxylic acid groups (broad SMARTS) is 1. The molecule has 2 saturated heterocycles. The van der Waals surface area contributed by atoms with Gasteiger partial charge in [0.05, 0.1) is 12.5 Å². The number of nitrogens with zero attached hydrogens (tertiary/aromatic N) is 1. The minimum atomic E-state index is -0.989. The maximum Gasteiger partial charge on any atom is 0.407 e. The molecule has 184 valence electrons. The Morgan fingerprint density at radius 3 is 2.46 bits per heavy atom. The van der Waals surface area contributed by atoms with Crippen molar-refractivity contribution in [1.29, 1.82) is 0 Å². The molecule has 0 spiro atoms. The highest BCUT2D eigenvalue weighted by Gasteiger charge is 2.38. The molecule has 2 amide bonds. The number of rotatable bonds is 6. The molecule has 0 bridgehead atoms. The van der Waals surface area contributed by atoms with Gasteiger partial charge in [-0.1, -0.05) is 48.5 Å². The number of thioether (sulfide) groups is 1. The van der Waals surface area contributed by atoms with Crippen molar-refractivity contribution in [2.45, 2.75) is 30.8 Å². The van der Waals surface area contributed by atoms with Crippen LogP contribution in [-0.4, -0.2) is 71.5 Å². The van der Waals surface area contributed by atoms with Crippen LogP contribution in [0.15, 0.2) is 48.5 Å². The summed E-state index contributed by atoms with van der Waals surface area (Å²) < 4.78 is 11.2. The van der Waals surface area contributed by atoms with Gasteiger partial charge in [0.15, 0.2) is 0 Å². The monoisotopic (exact) mass is 496 g/mol. The molecule has 2 heterocycles. The van der Waals surface area contributed by atoms with Gasteiger partial charge in [0, 0.05) is 36.7 Å². The van der Waals surface area contributed by atoms with E-state index < -0.39 is 18.1 Å². The minimum absolute atomic E-state index is 0.0270. The number of hydrogen-bond donors (Lipinski definition) is 2. The average molecular weight is 497 g/mol. The summed E-state index contributed by atoms with van der Waals surface area (Å²) in [5, 5.41) is 12.3. The van der Waals surface area contributed by atoms with E-state index >= 15 is 0 Å². The van der Waals surface area contributed by atoms with E-state index in [2.05, 4.69) is 29.6 Å². The first-order valence-electron chi connectivity index (χ1n) is 11.8. The van der Waals surface area contributed by atoms with Crippen molar-refractivity contribution < 1.29 is 29.0 Å². The summed E-state index contributed by atoms with van der Waals surface area (Å²) in [5.74, 6) is -0.719. The van der Waals surface area contributed by atoms with Gasteiger partial charge in [-0.3, -0.25) is 4.79 Å². The zero-order valence-electron chi connectivity index (χ0n) is 19.2. The van der Waals surface area contributed by atoms with Gasteiger partial charge >= 0.3 is 12.1 Å². The van der Waals surface area contributed by atoms with Crippen LogP contribution in [-0.2, 0) is 19.1 Å². The average Bonchev–Trinajstić information content (AvgIpc) is 3.48. The van der Waals surface area contributed by atoms with Crippen LogP contribution in [0.4, 0.5) is 4.79 Å². The standard InChI is InChI=1S/C26H28N2O6S/c29-24(28-15-35-14-23(28)25(30)31)11-16-12-33-10-9-22(16)27-26(32)34-13-21-19-7-3-1-5-17(19)18-6-2-4-8-20(18)21/h1-8,16,21-23H,9-15H2,(H,27,32)(H,30,31). The molecular formula is C26H28N2O6S. The van der Waals surface area contributed by atoms with Gasteiger partial charge in [-0.2, -0.15) is 0 Å². The van der Waals surface area contributed by atoms with Crippen molar-refractivity contribution in [2.75, 3.05) is 31.5 Å². The van der Waals surface area contributed by atoms with Crippen molar-refractivity contribution in [3.63, 3.8) is 0 Å². The number of benzene rings is 2. The molecule has 2 N–H and O–H groups in total. The Balaban J connectivity index is 1.20. The molecule has 2 aliphatic heterocycles. The van der Waals surface area contributed by atoms with Crippen LogP contribution in [0.25, 0.3) is 11.1 Å². The summed E-state index contributed by atoms with van der Waals surface area (Å²) in [4.78, 5) is 38.5. The van der Waals surface area contributed by atoms with Gasteiger partial charge in [-0.25, -0.2) is 9.59 Å². The third kappa shape index (κ3) is 4.88. The molecule has 8 nitrogen and oxygen atoms in total. The zero-order chi connectivity index (χ0) is 24.4. The summed E-state index contributed by atoms with van der Waals surface area (Å²) in [6.07, 6.45) is 0.175. The first-order chi connectivity index (χ1) is 17.0. The number of carbonyl (C=O) groups excluding carboxylic acids is 2. The molecule has 3 aliphatic rings. The maximum atomic E-state index is 12.8. The largest absolute Gasteiger partial charge is 0.480 e. The molecule has 0 radical (unpaired) electrons. The van der Waals surface area contributed by atoms with Gasteiger partial charge in [0.25, 0.3) is 0 Å². The Morgan fingerprint density at radius 2 is 1.77 bits per heavy atom. The fourth-order valence-electron chi connectivity index (χ4n) is 5.21. The van der Waals surface area contributed by atoms with Crippen LogP contribution in [0.5, 0.6) is 0 Å². The highest BCUT2D eigenvalue weighted by molar-refractivity contribution is 7.99. The predicted octanol–water partition coefficient (Wildman–Crippen LogP) is 3.31. The summed E-state index contributed by atoms with van der Waals surface area (Å²) in [6, 6.07) is 15.3. The highest BCUT2D eigenvalue weighted by atomic mass is 32.2. The number of carboxylic acids is 1. The normalized spacial score (nSPS) is 23.4. The minimum Gasteiger partial charge on any atom is -0.480 e. The van der Waals surface area contributed by atoms with E-state index in [1.807, 2.05) is 24.3 Å². The molecule has 2 fully saturated rings. The van der Waals surface area contributed by atoms with E-state index in [0.29, 0.717) is 31.3 Å². The zero-order valence-corrected chi connectivity index (χ0v) is 20.0. The van der Waals surface area contributed by atoms with E-state index in [-0.39, 0.29) is 36.8 Å². The molecule has 1 aliphatic carbocycles. The third-order valence-corrected chi connectivity index (χ3v) is 8.06. The number of aliphatic carboxylic acids is 1. The lowest BCUT2D eigenvalue weighted by atomic mass is 9.92. The number of fused-ring (bicyclic) bond motifs is 3. The molecule has 0 aromatic heterocycles. The van der Waals surface area contributed by atoms with E-state index in [1.54, 1.807) is 0 Å². The topological polar surface area (TPSA) is 105 Å². The molecule has 2 aromatic rings. The fourth-order valence-corrected chi connectivity index (χ4v) is 6.39. The molecule has 2 aromatic carbocycles. The molecule has 3 unspecified atom stereocenters. The van der Waals surface area contributed by atoms with Crippen molar-refractivity contribution in [1.82, 2.24) is 10.2 Å². The van der Waals surface area contributed by atoms with Gasteiger partial charge in [-0.05, 0) is 28.7 Å². The fraction of sp³-hybridized carbons (Fsp3) is 0.423. The van der Waals surface area contributed by atoms with Gasteiger partial charge in [0.2, 0.25) is 5.91 Å². The number of nitrogens with one attached hydrogen (secondary N) is 1. The highest BCUT2D eigenvalue weighted by Crippen LogP contribution is 2.44. The van der Waals surface area contributed by atoms with Gasteiger partial charge < -0.3 is 24.8 Å². The number of ether oxygens (including phenoxy) is 2. The molecule has 9 heteroatoms. The lowest BCUT2D eigenvalue weighted by Crippen LogP contribution is -2.49. The summed E-state index contributed by atoms with van der Waals surface area (Å²) in [5.41, 5.74) is 4.62. The van der Waals surface area contributed by atoms with Crippen molar-refractivity contribution >= 4 is 29.7 Å². The third-order valence-electron chi connectivity index (χ3n) is 7.05. The Bertz CT molecular complexity index is 1080. The molecular weight excluding hydrogens is 468 g/mol. The van der Waals surface area contributed by atoms with Crippen LogP contribution < -0.4 is 5.32 Å². The van der Waals surface area contributed by atoms with E-state index in [0.717, 1.165) is 11.1 Å². The Labute approximate surface area is 208 Å². The molecule has 35 heavy (non-hydrogen) atoms. The number of amides is 2. The Kier molecular flexibility index (Phi) is 6.97. The van der Waals surface area contributed by atoms with Crippen LogP contribution >= 0.6 is 11.8 Å². The Hall–Kier alpha value is -3.04. The van der Waals surface area contributed by atoms with Crippen LogP contribution in [0.3, 0.4) is 0 Å². The number of carbonyl (C=O) groups is 3. The van der Waals surface area contributed by atoms with Gasteiger partial charge in [-0.15, -0.1) is 11.8 Å². The first-order valence-corrected chi connectivity index (χ1v) is 13.0. The quantitative estimate of drug-likeness (QED) is 0.632. The van der Waals surface area contributed by atoms with Gasteiger partial charge in [0.1, 0.15) is 12.6 Å². The maximum absolute atomic E-state index is 12.8. The summed E-state index contributed by atoms with van der Waals surface area (Å²) in [6.45, 7) is 1.03. The SMILES string of the molecule is O=C(NC1CCOCC1CC(=O)N1CSCC1C(=O)O)OCC1c2ccccc2-c2ccccc21. The van der Waals surface area contributed by atoms with Crippen LogP contribution in [0.1, 0.15) is 29.9 Å². The second kappa shape index (κ2) is 10.3. The van der Waals surface area contributed by atoms with Crippen LogP contribution in [0, 0.1) is 5.92 Å². The van der Waals surface area contributed by atoms with Crippen molar-refractivity contribution in [3.8, 4) is 11.1 Å². The molecule has 3 atom stereocenters. The summed E-state index contributed by atoms with van der Waals surface area (Å²) >= 11 is 1.43. The Morgan fingerprint density at radius 1 is 1.09 bits per heavy atom. The number of hydrogen-bond acceptors (Lipinski definition) is 6. The molecule has 0 saturated carbocycles.